The van der Waals surface area contributed by atoms with Crippen LogP contribution in [0.4, 0.5) is 4.79 Å². The van der Waals surface area contributed by atoms with Crippen molar-refractivity contribution in [3.8, 4) is 11.5 Å². The molecule has 0 unspecified atom stereocenters. The van der Waals surface area contributed by atoms with E-state index in [0.717, 1.165) is 16.7 Å². The van der Waals surface area contributed by atoms with Gasteiger partial charge in [0.1, 0.15) is 6.54 Å². The SMILES string of the molecule is CCOc1cc(/C=C2/SC(=O)N(CC(=O)N3CCOCC3)C2=O)ccc1OC(C)C. The maximum atomic E-state index is 12.7. The minimum Gasteiger partial charge on any atom is -0.490 e. The number of imide groups is 1. The van der Waals surface area contributed by atoms with Crippen LogP contribution >= 0.6 is 11.8 Å². The predicted molar refractivity (Wildman–Crippen MR) is 113 cm³/mol. The van der Waals surface area contributed by atoms with E-state index in [1.54, 1.807) is 29.2 Å². The van der Waals surface area contributed by atoms with E-state index in [-0.39, 0.29) is 23.5 Å². The second-order valence-corrected chi connectivity index (χ2v) is 8.06. The molecule has 3 amide bonds. The van der Waals surface area contributed by atoms with Gasteiger partial charge in [-0.2, -0.15) is 0 Å². The van der Waals surface area contributed by atoms with Gasteiger partial charge in [0.25, 0.3) is 11.1 Å². The highest BCUT2D eigenvalue weighted by atomic mass is 32.2. The van der Waals surface area contributed by atoms with Crippen molar-refractivity contribution in [3.05, 3.63) is 28.7 Å². The lowest BCUT2D eigenvalue weighted by atomic mass is 10.1. The minimum absolute atomic E-state index is 0.00411. The Kier molecular flexibility index (Phi) is 7.38. The van der Waals surface area contributed by atoms with Crippen LogP contribution in [0.2, 0.25) is 0 Å². The molecule has 0 aromatic heterocycles. The number of carbonyl (C=O) groups excluding carboxylic acids is 3. The first-order valence-corrected chi connectivity index (χ1v) is 10.7. The summed E-state index contributed by atoms with van der Waals surface area (Å²) < 4.78 is 16.6. The van der Waals surface area contributed by atoms with E-state index in [4.69, 9.17) is 14.2 Å². The van der Waals surface area contributed by atoms with Gasteiger partial charge < -0.3 is 19.1 Å². The van der Waals surface area contributed by atoms with Crippen molar-refractivity contribution >= 4 is 34.9 Å². The fourth-order valence-electron chi connectivity index (χ4n) is 3.07. The second-order valence-electron chi connectivity index (χ2n) is 7.07. The lowest BCUT2D eigenvalue weighted by molar-refractivity contribution is -0.139. The number of benzene rings is 1. The van der Waals surface area contributed by atoms with Crippen LogP contribution in [0, 0.1) is 0 Å². The first-order chi connectivity index (χ1) is 14.4. The quantitative estimate of drug-likeness (QED) is 0.610. The van der Waals surface area contributed by atoms with Gasteiger partial charge >= 0.3 is 0 Å². The van der Waals surface area contributed by atoms with Crippen molar-refractivity contribution in [2.75, 3.05) is 39.5 Å². The number of hydrogen-bond acceptors (Lipinski definition) is 7. The van der Waals surface area contributed by atoms with E-state index in [9.17, 15) is 14.4 Å². The standard InChI is InChI=1S/C21H26N2O6S/c1-4-28-17-11-15(5-6-16(17)29-14(2)3)12-18-20(25)23(21(26)30-18)13-19(24)22-7-9-27-10-8-22/h5-6,11-12,14H,4,7-10,13H2,1-3H3/b18-12+. The van der Waals surface area contributed by atoms with Gasteiger partial charge in [-0.3, -0.25) is 19.3 Å². The van der Waals surface area contributed by atoms with Gasteiger partial charge in [-0.1, -0.05) is 6.07 Å². The van der Waals surface area contributed by atoms with Crippen molar-refractivity contribution in [1.29, 1.82) is 0 Å². The molecule has 2 saturated heterocycles. The van der Waals surface area contributed by atoms with Gasteiger partial charge in [0.15, 0.2) is 11.5 Å². The number of nitrogens with zero attached hydrogens (tertiary/aromatic N) is 2. The molecule has 0 atom stereocenters. The highest BCUT2D eigenvalue weighted by Gasteiger charge is 2.37. The number of carbonyl (C=O) groups is 3. The molecule has 2 fully saturated rings. The molecule has 0 bridgehead atoms. The Morgan fingerprint density at radius 1 is 1.23 bits per heavy atom. The van der Waals surface area contributed by atoms with Crippen molar-refractivity contribution < 1.29 is 28.6 Å². The smallest absolute Gasteiger partial charge is 0.294 e. The molecule has 0 saturated carbocycles. The number of ether oxygens (including phenoxy) is 3. The molecular formula is C21H26N2O6S. The summed E-state index contributed by atoms with van der Waals surface area (Å²) in [4.78, 5) is 40.4. The van der Waals surface area contributed by atoms with Gasteiger partial charge in [0.05, 0.1) is 30.8 Å². The van der Waals surface area contributed by atoms with Gasteiger partial charge in [-0.25, -0.2) is 0 Å². The molecule has 8 nitrogen and oxygen atoms in total. The largest absolute Gasteiger partial charge is 0.490 e. The van der Waals surface area contributed by atoms with Gasteiger partial charge in [-0.15, -0.1) is 0 Å². The van der Waals surface area contributed by atoms with Crippen molar-refractivity contribution in [1.82, 2.24) is 9.80 Å². The molecule has 3 rings (SSSR count). The van der Waals surface area contributed by atoms with E-state index in [1.807, 2.05) is 20.8 Å². The number of rotatable bonds is 7. The summed E-state index contributed by atoms with van der Waals surface area (Å²) in [5, 5.41) is -0.447. The van der Waals surface area contributed by atoms with Crippen molar-refractivity contribution in [2.45, 2.75) is 26.9 Å². The van der Waals surface area contributed by atoms with Crippen LogP contribution in [-0.4, -0.2) is 72.4 Å². The fraction of sp³-hybridized carbons (Fsp3) is 0.476. The normalized spacial score (nSPS) is 18.5. The summed E-state index contributed by atoms with van der Waals surface area (Å²) in [5.74, 6) is 0.470. The average molecular weight is 435 g/mol. The number of hydrogen-bond donors (Lipinski definition) is 0. The molecule has 9 heteroatoms. The highest BCUT2D eigenvalue weighted by Crippen LogP contribution is 2.35. The molecule has 30 heavy (non-hydrogen) atoms. The molecule has 162 valence electrons. The maximum Gasteiger partial charge on any atom is 0.294 e. The number of thioether (sulfide) groups is 1. The highest BCUT2D eigenvalue weighted by molar-refractivity contribution is 8.18. The Labute approximate surface area is 180 Å². The van der Waals surface area contributed by atoms with E-state index in [0.29, 0.717) is 50.0 Å². The monoisotopic (exact) mass is 434 g/mol. The average Bonchev–Trinajstić information content (AvgIpc) is 2.98. The molecule has 2 heterocycles. The van der Waals surface area contributed by atoms with Crippen molar-refractivity contribution in [2.24, 2.45) is 0 Å². The molecule has 1 aromatic rings. The van der Waals surface area contributed by atoms with Gasteiger partial charge in [-0.05, 0) is 56.3 Å². The predicted octanol–water partition coefficient (Wildman–Crippen LogP) is 2.77. The van der Waals surface area contributed by atoms with Gasteiger partial charge in [0.2, 0.25) is 5.91 Å². The van der Waals surface area contributed by atoms with E-state index < -0.39 is 11.1 Å². The van der Waals surface area contributed by atoms with Crippen LogP contribution in [0.25, 0.3) is 6.08 Å². The Morgan fingerprint density at radius 2 is 1.97 bits per heavy atom. The van der Waals surface area contributed by atoms with Crippen LogP contribution in [0.5, 0.6) is 11.5 Å². The van der Waals surface area contributed by atoms with Crippen molar-refractivity contribution in [3.63, 3.8) is 0 Å². The summed E-state index contributed by atoms with van der Waals surface area (Å²) in [6.45, 7) is 7.81. The summed E-state index contributed by atoms with van der Waals surface area (Å²) in [5.41, 5.74) is 0.708. The topological polar surface area (TPSA) is 85.4 Å². The molecule has 2 aliphatic rings. The Bertz CT molecular complexity index is 848. The number of amides is 3. The zero-order chi connectivity index (χ0) is 21.7. The molecule has 2 aliphatic heterocycles. The number of morpholine rings is 1. The zero-order valence-electron chi connectivity index (χ0n) is 17.4. The molecule has 0 N–H and O–H groups in total. The first kappa shape index (κ1) is 22.2. The van der Waals surface area contributed by atoms with Crippen LogP contribution in [0.15, 0.2) is 23.1 Å². The summed E-state index contributed by atoms with van der Waals surface area (Å²) in [6, 6.07) is 5.35. The molecule has 0 spiro atoms. The van der Waals surface area contributed by atoms with E-state index in [1.165, 1.54) is 0 Å². The first-order valence-electron chi connectivity index (χ1n) is 9.93. The van der Waals surface area contributed by atoms with E-state index in [2.05, 4.69) is 0 Å². The summed E-state index contributed by atoms with van der Waals surface area (Å²) in [7, 11) is 0. The lowest BCUT2D eigenvalue weighted by Gasteiger charge is -2.28. The third kappa shape index (κ3) is 5.34. The van der Waals surface area contributed by atoms with Crippen LogP contribution in [-0.2, 0) is 14.3 Å². The Hall–Kier alpha value is -2.52. The molecule has 1 aromatic carbocycles. The Balaban J connectivity index is 1.74. The third-order valence-electron chi connectivity index (χ3n) is 4.46. The maximum absolute atomic E-state index is 12.7. The minimum atomic E-state index is -0.466. The summed E-state index contributed by atoms with van der Waals surface area (Å²) >= 11 is 0.830. The third-order valence-corrected chi connectivity index (χ3v) is 5.37. The van der Waals surface area contributed by atoms with Gasteiger partial charge in [0, 0.05) is 13.1 Å². The van der Waals surface area contributed by atoms with Crippen LogP contribution < -0.4 is 9.47 Å². The van der Waals surface area contributed by atoms with Crippen LogP contribution in [0.1, 0.15) is 26.3 Å². The summed E-state index contributed by atoms with van der Waals surface area (Å²) in [6.07, 6.45) is 1.63. The zero-order valence-corrected chi connectivity index (χ0v) is 18.2. The Morgan fingerprint density at radius 3 is 2.63 bits per heavy atom. The lowest BCUT2D eigenvalue weighted by Crippen LogP contribution is -2.46. The second kappa shape index (κ2) is 9.99. The van der Waals surface area contributed by atoms with Crippen LogP contribution in [0.3, 0.4) is 0 Å². The molecule has 0 aliphatic carbocycles. The van der Waals surface area contributed by atoms with E-state index >= 15 is 0 Å². The fourth-order valence-corrected chi connectivity index (χ4v) is 3.91. The molecule has 0 radical (unpaired) electrons. The molecular weight excluding hydrogens is 408 g/mol.